The number of para-hydroxylation sites is 2. The van der Waals surface area contributed by atoms with Crippen molar-refractivity contribution in [2.24, 2.45) is 14.1 Å². The number of imidazole rings is 1. The number of benzene rings is 3. The molecular weight excluding hydrogens is 335 g/mol. The van der Waals surface area contributed by atoms with Crippen molar-refractivity contribution < 1.29 is 8.96 Å². The van der Waals surface area contributed by atoms with Gasteiger partial charge in [0.05, 0.1) is 19.7 Å². The molecule has 0 aliphatic rings. The summed E-state index contributed by atoms with van der Waals surface area (Å²) in [5, 5.41) is 0. The van der Waals surface area contributed by atoms with Crippen molar-refractivity contribution in [2.75, 3.05) is 0 Å². The highest BCUT2D eigenvalue weighted by molar-refractivity contribution is 5.80. The first-order valence-corrected chi connectivity index (χ1v) is 9.20. The molecule has 0 radical (unpaired) electrons. The van der Waals surface area contributed by atoms with Gasteiger partial charge in [0.15, 0.2) is 11.0 Å². The van der Waals surface area contributed by atoms with Crippen LogP contribution >= 0.6 is 0 Å². The molecule has 4 aromatic rings. The third kappa shape index (κ3) is 2.66. The van der Waals surface area contributed by atoms with E-state index >= 15 is 0 Å². The van der Waals surface area contributed by atoms with Crippen LogP contribution in [0.15, 0.2) is 54.6 Å². The second-order valence-corrected chi connectivity index (χ2v) is 7.34. The predicted octanol–water partition coefficient (Wildman–Crippen LogP) is 5.40. The number of rotatable bonds is 2. The van der Waals surface area contributed by atoms with Crippen molar-refractivity contribution in [3.63, 3.8) is 0 Å². The van der Waals surface area contributed by atoms with Gasteiger partial charge in [0.2, 0.25) is 0 Å². The van der Waals surface area contributed by atoms with Crippen LogP contribution in [0.1, 0.15) is 16.7 Å². The van der Waals surface area contributed by atoms with Crippen LogP contribution in [0.3, 0.4) is 0 Å². The molecular formula is C24H24FN2+. The van der Waals surface area contributed by atoms with E-state index in [1.165, 1.54) is 0 Å². The molecule has 0 N–H and O–H groups in total. The average Bonchev–Trinajstić information content (AvgIpc) is 2.88. The summed E-state index contributed by atoms with van der Waals surface area (Å²) in [7, 11) is 4.14. The van der Waals surface area contributed by atoms with Gasteiger partial charge >= 0.3 is 0 Å². The fraction of sp³-hybridized carbons (Fsp3) is 0.208. The SMILES string of the molecule is Cc1cc(F)c(-c2c(C)cccc2C)cc1-c1n(C)c2ccccc2[n+]1C. The molecule has 27 heavy (non-hydrogen) atoms. The molecule has 0 aliphatic carbocycles. The van der Waals surface area contributed by atoms with E-state index in [9.17, 15) is 4.39 Å². The Kier molecular flexibility index (Phi) is 4.11. The minimum absolute atomic E-state index is 0.171. The molecule has 0 spiro atoms. The smallest absolute Gasteiger partial charge is 0.226 e. The molecule has 0 saturated heterocycles. The van der Waals surface area contributed by atoms with Crippen LogP contribution in [0.4, 0.5) is 4.39 Å². The molecule has 0 bridgehead atoms. The van der Waals surface area contributed by atoms with Gasteiger partial charge in [0.1, 0.15) is 5.82 Å². The maximum atomic E-state index is 15.0. The van der Waals surface area contributed by atoms with Crippen LogP contribution < -0.4 is 4.57 Å². The van der Waals surface area contributed by atoms with E-state index in [0.29, 0.717) is 5.56 Å². The van der Waals surface area contributed by atoms with Crippen LogP contribution in [0.5, 0.6) is 0 Å². The van der Waals surface area contributed by atoms with Crippen LogP contribution in [0.25, 0.3) is 33.5 Å². The van der Waals surface area contributed by atoms with Gasteiger partial charge in [-0.2, -0.15) is 0 Å². The second-order valence-electron chi connectivity index (χ2n) is 7.34. The third-order valence-corrected chi connectivity index (χ3v) is 5.55. The zero-order chi connectivity index (χ0) is 19.3. The Morgan fingerprint density at radius 1 is 0.815 bits per heavy atom. The molecule has 3 heteroatoms. The Hall–Kier alpha value is -2.94. The highest BCUT2D eigenvalue weighted by Gasteiger charge is 2.25. The highest BCUT2D eigenvalue weighted by Crippen LogP contribution is 2.34. The number of fused-ring (bicyclic) bond motifs is 1. The Bertz CT molecular complexity index is 1130. The molecule has 0 atom stereocenters. The first-order chi connectivity index (χ1) is 12.9. The quantitative estimate of drug-likeness (QED) is 0.424. The molecule has 0 unspecified atom stereocenters. The monoisotopic (exact) mass is 359 g/mol. The number of aryl methyl sites for hydroxylation is 5. The molecule has 136 valence electrons. The summed E-state index contributed by atoms with van der Waals surface area (Å²) in [6, 6.07) is 18.1. The zero-order valence-corrected chi connectivity index (χ0v) is 16.5. The van der Waals surface area contributed by atoms with Gasteiger partial charge in [0.25, 0.3) is 5.82 Å². The molecule has 3 aromatic carbocycles. The van der Waals surface area contributed by atoms with E-state index < -0.39 is 0 Å². The van der Waals surface area contributed by atoms with Crippen LogP contribution in [0.2, 0.25) is 0 Å². The first-order valence-electron chi connectivity index (χ1n) is 9.20. The van der Waals surface area contributed by atoms with Gasteiger partial charge in [0, 0.05) is 5.56 Å². The molecule has 0 amide bonds. The molecule has 2 nitrogen and oxygen atoms in total. The summed E-state index contributed by atoms with van der Waals surface area (Å²) >= 11 is 0. The van der Waals surface area contributed by atoms with Crippen LogP contribution in [-0.2, 0) is 14.1 Å². The summed E-state index contributed by atoms with van der Waals surface area (Å²) < 4.78 is 19.4. The van der Waals surface area contributed by atoms with E-state index in [4.69, 9.17) is 0 Å². The van der Waals surface area contributed by atoms with Crippen molar-refractivity contribution in [3.8, 4) is 22.5 Å². The van der Waals surface area contributed by atoms with Gasteiger partial charge in [-0.05, 0) is 67.3 Å². The number of hydrogen-bond acceptors (Lipinski definition) is 0. The number of aromatic nitrogens is 2. The largest absolute Gasteiger partial charge is 0.289 e. The maximum Gasteiger partial charge on any atom is 0.289 e. The summed E-state index contributed by atoms with van der Waals surface area (Å²) in [6.07, 6.45) is 0. The summed E-state index contributed by atoms with van der Waals surface area (Å²) in [4.78, 5) is 0. The molecule has 0 fully saturated rings. The number of hydrogen-bond donors (Lipinski definition) is 0. The number of nitrogens with zero attached hydrogens (tertiary/aromatic N) is 2. The highest BCUT2D eigenvalue weighted by atomic mass is 19.1. The normalized spacial score (nSPS) is 11.3. The molecule has 0 saturated carbocycles. The van der Waals surface area contributed by atoms with Gasteiger partial charge in [-0.3, -0.25) is 0 Å². The van der Waals surface area contributed by atoms with E-state index in [-0.39, 0.29) is 5.82 Å². The molecule has 1 aromatic heterocycles. The summed E-state index contributed by atoms with van der Waals surface area (Å²) in [6.45, 7) is 6.06. The van der Waals surface area contributed by atoms with Crippen molar-refractivity contribution in [1.82, 2.24) is 4.57 Å². The molecule has 1 heterocycles. The number of halogens is 1. The van der Waals surface area contributed by atoms with E-state index in [1.54, 1.807) is 6.07 Å². The lowest BCUT2D eigenvalue weighted by Crippen LogP contribution is -2.30. The summed E-state index contributed by atoms with van der Waals surface area (Å²) in [5.74, 6) is 0.899. The third-order valence-electron chi connectivity index (χ3n) is 5.55. The van der Waals surface area contributed by atoms with Crippen molar-refractivity contribution >= 4 is 11.0 Å². The standard InChI is InChI=1S/C24H24FN2/c1-15-9-8-10-16(2)23(15)19-14-18(17(3)13-20(19)25)24-26(4)21-11-6-7-12-22(21)27(24)5/h6-14H,1-5H3/q+1. The van der Waals surface area contributed by atoms with Gasteiger partial charge in [-0.1, -0.05) is 30.3 Å². The van der Waals surface area contributed by atoms with Gasteiger partial charge < -0.3 is 0 Å². The van der Waals surface area contributed by atoms with Gasteiger partial charge in [-0.15, -0.1) is 0 Å². The van der Waals surface area contributed by atoms with E-state index in [0.717, 1.165) is 44.7 Å². The first kappa shape index (κ1) is 17.5. The zero-order valence-electron chi connectivity index (χ0n) is 16.5. The Labute approximate surface area is 159 Å². The van der Waals surface area contributed by atoms with Gasteiger partial charge in [-0.25, -0.2) is 13.5 Å². The lowest BCUT2D eigenvalue weighted by Gasteiger charge is -2.13. The van der Waals surface area contributed by atoms with Crippen molar-refractivity contribution in [2.45, 2.75) is 20.8 Å². The van der Waals surface area contributed by atoms with Crippen molar-refractivity contribution in [3.05, 3.63) is 77.1 Å². The molecule has 0 aliphatic heterocycles. The average molecular weight is 359 g/mol. The Morgan fingerprint density at radius 3 is 2.15 bits per heavy atom. The molecule has 4 rings (SSSR count). The van der Waals surface area contributed by atoms with Crippen LogP contribution in [-0.4, -0.2) is 4.57 Å². The fourth-order valence-electron chi connectivity index (χ4n) is 4.19. The predicted molar refractivity (Wildman–Crippen MR) is 109 cm³/mol. The Balaban J connectivity index is 2.04. The van der Waals surface area contributed by atoms with E-state index in [2.05, 4.69) is 35.4 Å². The fourth-order valence-corrected chi connectivity index (χ4v) is 4.19. The topological polar surface area (TPSA) is 8.81 Å². The Morgan fingerprint density at radius 2 is 1.48 bits per heavy atom. The second kappa shape index (κ2) is 6.34. The van der Waals surface area contributed by atoms with Crippen LogP contribution in [0, 0.1) is 26.6 Å². The minimum Gasteiger partial charge on any atom is -0.226 e. The lowest BCUT2D eigenvalue weighted by atomic mass is 9.92. The lowest BCUT2D eigenvalue weighted by molar-refractivity contribution is -0.634. The van der Waals surface area contributed by atoms with Crippen molar-refractivity contribution in [1.29, 1.82) is 0 Å². The minimum atomic E-state index is -0.171. The summed E-state index contributed by atoms with van der Waals surface area (Å²) in [5.41, 5.74) is 8.13. The maximum absolute atomic E-state index is 15.0. The van der Waals surface area contributed by atoms with E-state index in [1.807, 2.05) is 57.2 Å².